The van der Waals surface area contributed by atoms with Gasteiger partial charge in [-0.3, -0.25) is 4.79 Å². The molecule has 0 saturated carbocycles. The van der Waals surface area contributed by atoms with Crippen LogP contribution in [0.5, 0.6) is 0 Å². The fraction of sp³-hybridized carbons (Fsp3) is 0.185. The van der Waals surface area contributed by atoms with E-state index in [0.29, 0.717) is 12.8 Å². The van der Waals surface area contributed by atoms with Gasteiger partial charge in [0.1, 0.15) is 0 Å². The highest BCUT2D eigenvalue weighted by Crippen LogP contribution is 2.51. The number of carbonyl (C=O) groups excluding carboxylic acids is 1. The van der Waals surface area contributed by atoms with Crippen molar-refractivity contribution in [2.24, 2.45) is 5.41 Å². The van der Waals surface area contributed by atoms with Crippen molar-refractivity contribution >= 4 is 11.8 Å². The van der Waals surface area contributed by atoms with E-state index in [-0.39, 0.29) is 11.3 Å². The molecule has 1 unspecified atom stereocenters. The molecule has 4 rings (SSSR count). The molecule has 30 heavy (non-hydrogen) atoms. The predicted octanol–water partition coefficient (Wildman–Crippen LogP) is 5.74. The van der Waals surface area contributed by atoms with E-state index in [0.717, 1.165) is 34.3 Å². The summed E-state index contributed by atoms with van der Waals surface area (Å²) >= 11 is 0. The first-order chi connectivity index (χ1) is 14.5. The fourth-order valence-corrected chi connectivity index (χ4v) is 4.77. The van der Waals surface area contributed by atoms with E-state index in [1.807, 2.05) is 49.4 Å². The van der Waals surface area contributed by atoms with Crippen LogP contribution in [0.2, 0.25) is 0 Å². The van der Waals surface area contributed by atoms with Gasteiger partial charge in [-0.2, -0.15) is 0 Å². The average Bonchev–Trinajstić information content (AvgIpc) is 3.28. The zero-order chi connectivity index (χ0) is 21.3. The molecule has 0 fully saturated rings. The summed E-state index contributed by atoms with van der Waals surface area (Å²) in [5.41, 5.74) is 5.69. The van der Waals surface area contributed by atoms with Crippen LogP contribution >= 0.6 is 0 Å². The van der Waals surface area contributed by atoms with Crippen molar-refractivity contribution in [2.75, 3.05) is 0 Å². The second kappa shape index (κ2) is 7.75. The summed E-state index contributed by atoms with van der Waals surface area (Å²) in [7, 11) is 0. The smallest absolute Gasteiger partial charge is 0.335 e. The largest absolute Gasteiger partial charge is 0.478 e. The van der Waals surface area contributed by atoms with Gasteiger partial charge < -0.3 is 5.11 Å². The molecule has 2 aliphatic carbocycles. The number of carboxylic acids is 1. The van der Waals surface area contributed by atoms with E-state index in [9.17, 15) is 14.7 Å². The highest BCUT2D eigenvalue weighted by molar-refractivity contribution is 6.08. The number of carbonyl (C=O) groups is 2. The molecule has 0 aliphatic heterocycles. The number of Topliss-reactive ketones (excluding diaryl/α,β-unsaturated/α-hetero) is 1. The van der Waals surface area contributed by atoms with E-state index in [4.69, 9.17) is 0 Å². The number of rotatable bonds is 5. The molecule has 0 amide bonds. The third-order valence-electron chi connectivity index (χ3n) is 6.21. The van der Waals surface area contributed by atoms with Gasteiger partial charge in [-0.15, -0.1) is 0 Å². The number of fused-ring (bicyclic) bond motifs is 1. The summed E-state index contributed by atoms with van der Waals surface area (Å²) in [5, 5.41) is 9.21. The molecule has 150 valence electrons. The van der Waals surface area contributed by atoms with Gasteiger partial charge in [0.2, 0.25) is 0 Å². The summed E-state index contributed by atoms with van der Waals surface area (Å²) in [4.78, 5) is 25.1. The maximum Gasteiger partial charge on any atom is 0.335 e. The molecule has 0 aromatic heterocycles. The van der Waals surface area contributed by atoms with E-state index >= 15 is 0 Å². The van der Waals surface area contributed by atoms with Crippen molar-refractivity contribution < 1.29 is 14.7 Å². The molecule has 1 atom stereocenters. The van der Waals surface area contributed by atoms with Crippen LogP contribution in [0.1, 0.15) is 45.2 Å². The lowest BCUT2D eigenvalue weighted by molar-refractivity contribution is 0.0696. The zero-order valence-electron chi connectivity index (χ0n) is 17.0. The number of aromatic carboxylic acids is 1. The zero-order valence-corrected chi connectivity index (χ0v) is 17.0. The minimum atomic E-state index is -0.951. The molecular weight excluding hydrogens is 372 g/mol. The highest BCUT2D eigenvalue weighted by atomic mass is 16.4. The summed E-state index contributed by atoms with van der Waals surface area (Å²) in [5.74, 6) is -0.813. The van der Waals surface area contributed by atoms with Crippen LogP contribution in [-0.4, -0.2) is 16.9 Å². The Labute approximate surface area is 176 Å². The second-order valence-corrected chi connectivity index (χ2v) is 7.88. The summed E-state index contributed by atoms with van der Waals surface area (Å²) in [6, 6.07) is 14.7. The molecule has 0 radical (unpaired) electrons. The number of benzene rings is 2. The number of allylic oxidation sites excluding steroid dienone is 7. The maximum absolute atomic E-state index is 13.8. The maximum atomic E-state index is 13.8. The van der Waals surface area contributed by atoms with Crippen molar-refractivity contribution in [3.63, 3.8) is 0 Å². The third kappa shape index (κ3) is 3.17. The predicted molar refractivity (Wildman–Crippen MR) is 119 cm³/mol. The van der Waals surface area contributed by atoms with Crippen molar-refractivity contribution in [1.82, 2.24) is 0 Å². The third-order valence-corrected chi connectivity index (χ3v) is 6.21. The lowest BCUT2D eigenvalue weighted by Crippen LogP contribution is -2.33. The van der Waals surface area contributed by atoms with Gasteiger partial charge in [0.05, 0.1) is 11.0 Å². The summed E-state index contributed by atoms with van der Waals surface area (Å²) in [6.07, 6.45) is 10.0. The average molecular weight is 396 g/mol. The Morgan fingerprint density at radius 2 is 1.90 bits per heavy atom. The second-order valence-electron chi connectivity index (χ2n) is 7.88. The lowest BCUT2D eigenvalue weighted by atomic mass is 9.70. The van der Waals surface area contributed by atoms with Crippen molar-refractivity contribution in [3.8, 4) is 0 Å². The number of hydrogen-bond acceptors (Lipinski definition) is 2. The molecule has 1 N–H and O–H groups in total. The van der Waals surface area contributed by atoms with Crippen LogP contribution < -0.4 is 0 Å². The first kappa shape index (κ1) is 19.8. The molecular formula is C27H24O3. The molecule has 0 bridgehead atoms. The molecule has 2 aromatic carbocycles. The van der Waals surface area contributed by atoms with Crippen LogP contribution in [0, 0.1) is 5.41 Å². The molecule has 2 aliphatic rings. The molecule has 0 saturated heterocycles. The Bertz CT molecular complexity index is 1130. The van der Waals surface area contributed by atoms with Gasteiger partial charge in [-0.1, -0.05) is 67.3 Å². The summed E-state index contributed by atoms with van der Waals surface area (Å²) < 4.78 is 0. The monoisotopic (exact) mass is 396 g/mol. The topological polar surface area (TPSA) is 54.4 Å². The van der Waals surface area contributed by atoms with Gasteiger partial charge in [0.25, 0.3) is 0 Å². The van der Waals surface area contributed by atoms with Crippen LogP contribution in [0.15, 0.2) is 96.1 Å². The van der Waals surface area contributed by atoms with E-state index in [2.05, 4.69) is 18.7 Å². The van der Waals surface area contributed by atoms with Gasteiger partial charge in [-0.05, 0) is 66.2 Å². The van der Waals surface area contributed by atoms with Crippen LogP contribution in [0.25, 0.3) is 0 Å². The number of ketones is 1. The Morgan fingerprint density at radius 3 is 2.53 bits per heavy atom. The minimum Gasteiger partial charge on any atom is -0.478 e. The van der Waals surface area contributed by atoms with E-state index < -0.39 is 11.4 Å². The van der Waals surface area contributed by atoms with E-state index in [1.54, 1.807) is 18.2 Å². The van der Waals surface area contributed by atoms with E-state index in [1.165, 1.54) is 5.57 Å². The molecule has 3 heteroatoms. The van der Waals surface area contributed by atoms with Crippen molar-refractivity contribution in [3.05, 3.63) is 118 Å². The number of carboxylic acid groups (broad SMARTS) is 1. The Morgan fingerprint density at radius 1 is 1.17 bits per heavy atom. The summed E-state index contributed by atoms with van der Waals surface area (Å²) in [6.45, 7) is 5.89. The van der Waals surface area contributed by atoms with Crippen LogP contribution in [-0.2, 0) is 12.8 Å². The minimum absolute atomic E-state index is 0.138. The van der Waals surface area contributed by atoms with Gasteiger partial charge in [-0.25, -0.2) is 4.79 Å². The van der Waals surface area contributed by atoms with Gasteiger partial charge in [0.15, 0.2) is 5.78 Å². The van der Waals surface area contributed by atoms with Gasteiger partial charge in [0, 0.05) is 5.56 Å². The van der Waals surface area contributed by atoms with Crippen LogP contribution in [0.4, 0.5) is 0 Å². The molecule has 0 heterocycles. The van der Waals surface area contributed by atoms with Gasteiger partial charge >= 0.3 is 5.97 Å². The molecule has 3 nitrogen and oxygen atoms in total. The van der Waals surface area contributed by atoms with Crippen molar-refractivity contribution in [1.29, 1.82) is 0 Å². The number of hydrogen-bond donors (Lipinski definition) is 1. The quantitative estimate of drug-likeness (QED) is 0.701. The lowest BCUT2D eigenvalue weighted by Gasteiger charge is -2.31. The normalized spacial score (nSPS) is 23.0. The Hall–Kier alpha value is -3.46. The Kier molecular flexibility index (Phi) is 5.13. The Balaban J connectivity index is 1.83. The van der Waals surface area contributed by atoms with Crippen molar-refractivity contribution in [2.45, 2.75) is 26.2 Å². The standard InChI is InChI=1S/C27H24O3/c1-3-7-22-19(4-2)14-15-24(22)27(16-18-10-12-20(13-11-18)26(29)30)17-21-8-5-6-9-23(21)25(27)28/h3-13,15H,1,14,16-17H2,2H3,(H,29,30)/b19-4-,22-7+. The SMILES string of the molecule is C=C/C=C1/C(C2(Cc3ccc(C(=O)O)cc3)Cc3ccccc3C2=O)=CC/C1=C/C. The molecule has 2 aromatic rings. The highest BCUT2D eigenvalue weighted by Gasteiger charge is 2.49. The van der Waals surface area contributed by atoms with Crippen LogP contribution in [0.3, 0.4) is 0 Å². The molecule has 0 spiro atoms. The first-order valence-corrected chi connectivity index (χ1v) is 10.1. The first-order valence-electron chi connectivity index (χ1n) is 10.1. The fourth-order valence-electron chi connectivity index (χ4n) is 4.77.